The molecular formula is C14H23NO3S. The minimum atomic E-state index is -0.856. The first kappa shape index (κ1) is 14.7. The number of thioether (sulfide) groups is 1. The Bertz CT molecular complexity index is 396. The highest BCUT2D eigenvalue weighted by Crippen LogP contribution is 2.52. The van der Waals surface area contributed by atoms with Crippen LogP contribution < -0.4 is 0 Å². The second kappa shape index (κ2) is 5.00. The number of likely N-dealkylation sites (tertiary alicyclic amines) is 1. The smallest absolute Gasteiger partial charge is 0.313 e. The molecule has 0 aromatic rings. The third-order valence-electron chi connectivity index (χ3n) is 4.19. The Hall–Kier alpha value is -0.710. The van der Waals surface area contributed by atoms with E-state index in [1.165, 1.54) is 18.2 Å². The number of fused-ring (bicyclic) bond motifs is 2. The summed E-state index contributed by atoms with van der Waals surface area (Å²) in [6, 6.07) is 0.353. The highest BCUT2D eigenvalue weighted by atomic mass is 32.2. The molecule has 5 heteroatoms. The first-order valence-corrected chi connectivity index (χ1v) is 7.95. The van der Waals surface area contributed by atoms with Crippen LogP contribution in [0.3, 0.4) is 0 Å². The number of hydrogen-bond acceptors (Lipinski definition) is 3. The molecule has 1 aliphatic heterocycles. The molecule has 4 nitrogen and oxygen atoms in total. The van der Waals surface area contributed by atoms with Crippen LogP contribution in [0.2, 0.25) is 0 Å². The summed E-state index contributed by atoms with van der Waals surface area (Å²) in [6.07, 6.45) is 3.34. The first-order valence-electron chi connectivity index (χ1n) is 6.80. The summed E-state index contributed by atoms with van der Waals surface area (Å²) in [7, 11) is 0. The van der Waals surface area contributed by atoms with Crippen LogP contribution in [0.15, 0.2) is 0 Å². The number of rotatable bonds is 4. The number of amides is 1. The molecule has 2 bridgehead atoms. The van der Waals surface area contributed by atoms with Gasteiger partial charge < -0.3 is 10.0 Å². The van der Waals surface area contributed by atoms with Crippen molar-refractivity contribution in [2.45, 2.75) is 46.1 Å². The van der Waals surface area contributed by atoms with Crippen LogP contribution in [-0.4, -0.2) is 46.0 Å². The molecule has 1 saturated carbocycles. The summed E-state index contributed by atoms with van der Waals surface area (Å²) in [5, 5.41) is 8.61. The highest BCUT2D eigenvalue weighted by molar-refractivity contribution is 8.00. The van der Waals surface area contributed by atoms with E-state index in [-0.39, 0.29) is 17.1 Å². The van der Waals surface area contributed by atoms with Crippen molar-refractivity contribution in [2.24, 2.45) is 10.8 Å². The van der Waals surface area contributed by atoms with E-state index in [0.29, 0.717) is 17.2 Å². The number of nitrogens with zero attached hydrogens (tertiary/aromatic N) is 1. The van der Waals surface area contributed by atoms with Crippen LogP contribution in [0.25, 0.3) is 0 Å². The topological polar surface area (TPSA) is 57.6 Å². The normalized spacial score (nSPS) is 32.4. The lowest BCUT2D eigenvalue weighted by molar-refractivity contribution is -0.133. The predicted molar refractivity (Wildman–Crippen MR) is 76.2 cm³/mol. The molecule has 108 valence electrons. The number of carbonyl (C=O) groups excluding carboxylic acids is 1. The molecule has 19 heavy (non-hydrogen) atoms. The molecule has 1 heterocycles. The molecule has 1 saturated heterocycles. The zero-order valence-corrected chi connectivity index (χ0v) is 12.8. The Labute approximate surface area is 118 Å². The molecule has 0 aromatic carbocycles. The molecule has 0 radical (unpaired) electrons. The number of carboxylic acids is 1. The molecule has 2 aliphatic rings. The second-order valence-corrected chi connectivity index (χ2v) is 8.11. The number of carbonyl (C=O) groups is 2. The van der Waals surface area contributed by atoms with E-state index < -0.39 is 5.97 Å². The summed E-state index contributed by atoms with van der Waals surface area (Å²) < 4.78 is 0. The molecule has 2 fully saturated rings. The Balaban J connectivity index is 1.95. The van der Waals surface area contributed by atoms with Crippen molar-refractivity contribution in [1.29, 1.82) is 0 Å². The molecule has 1 aliphatic carbocycles. The SMILES string of the molecule is CC1(C)C[C@H]2C[C@@](C)(CN2C(=O)CSCC(=O)O)C1. The molecule has 2 atom stereocenters. The molecule has 0 unspecified atom stereocenters. The summed E-state index contributed by atoms with van der Waals surface area (Å²) in [6.45, 7) is 7.68. The van der Waals surface area contributed by atoms with Gasteiger partial charge in [0.25, 0.3) is 0 Å². The number of aliphatic carboxylic acids is 1. The predicted octanol–water partition coefficient (Wildman–Crippen LogP) is 2.23. The standard InChI is InChI=1S/C14H23NO3S/c1-13(2)4-10-5-14(3,8-13)9-15(10)11(16)6-19-7-12(17)18/h10H,4-9H2,1-3H3,(H,17,18)/t10-,14+/m0/s1. The fourth-order valence-electron chi connectivity index (χ4n) is 4.06. The van der Waals surface area contributed by atoms with Crippen LogP contribution in [-0.2, 0) is 9.59 Å². The maximum atomic E-state index is 12.2. The quantitative estimate of drug-likeness (QED) is 0.860. The summed E-state index contributed by atoms with van der Waals surface area (Å²) >= 11 is 1.20. The van der Waals surface area contributed by atoms with Crippen molar-refractivity contribution < 1.29 is 14.7 Å². The van der Waals surface area contributed by atoms with Gasteiger partial charge in [-0.2, -0.15) is 0 Å². The van der Waals surface area contributed by atoms with Crippen molar-refractivity contribution >= 4 is 23.6 Å². The van der Waals surface area contributed by atoms with Crippen LogP contribution in [0, 0.1) is 10.8 Å². The van der Waals surface area contributed by atoms with Gasteiger partial charge in [-0.25, -0.2) is 0 Å². The lowest BCUT2D eigenvalue weighted by Crippen LogP contribution is -2.38. The molecule has 0 aromatic heterocycles. The third-order valence-corrected chi connectivity index (χ3v) is 5.09. The Morgan fingerprint density at radius 2 is 1.95 bits per heavy atom. The Morgan fingerprint density at radius 3 is 2.58 bits per heavy atom. The van der Waals surface area contributed by atoms with E-state index in [0.717, 1.165) is 19.4 Å². The number of carboxylic acid groups (broad SMARTS) is 1. The fourth-order valence-corrected chi connectivity index (χ4v) is 4.68. The summed E-state index contributed by atoms with van der Waals surface area (Å²) in [4.78, 5) is 24.7. The monoisotopic (exact) mass is 285 g/mol. The minimum absolute atomic E-state index is 0.00695. The van der Waals surface area contributed by atoms with Gasteiger partial charge in [0.1, 0.15) is 0 Å². The maximum absolute atomic E-state index is 12.2. The lowest BCUT2D eigenvalue weighted by Gasteiger charge is -2.39. The van der Waals surface area contributed by atoms with Crippen molar-refractivity contribution in [2.75, 3.05) is 18.1 Å². The van der Waals surface area contributed by atoms with Gasteiger partial charge in [0.05, 0.1) is 11.5 Å². The van der Waals surface area contributed by atoms with Crippen molar-refractivity contribution in [3.8, 4) is 0 Å². The van der Waals surface area contributed by atoms with Gasteiger partial charge in [-0.1, -0.05) is 20.8 Å². The lowest BCUT2D eigenvalue weighted by atomic mass is 9.65. The van der Waals surface area contributed by atoms with Crippen molar-refractivity contribution in [3.63, 3.8) is 0 Å². The van der Waals surface area contributed by atoms with Gasteiger partial charge >= 0.3 is 5.97 Å². The van der Waals surface area contributed by atoms with Gasteiger partial charge in [0, 0.05) is 12.6 Å². The minimum Gasteiger partial charge on any atom is -0.481 e. The summed E-state index contributed by atoms with van der Waals surface area (Å²) in [5.74, 6) is -0.449. The highest BCUT2D eigenvalue weighted by Gasteiger charge is 2.50. The van der Waals surface area contributed by atoms with Crippen LogP contribution >= 0.6 is 11.8 Å². The van der Waals surface area contributed by atoms with Crippen LogP contribution in [0.4, 0.5) is 0 Å². The van der Waals surface area contributed by atoms with E-state index in [1.807, 2.05) is 4.90 Å². The average Bonchev–Trinajstić information content (AvgIpc) is 2.47. The van der Waals surface area contributed by atoms with Crippen LogP contribution in [0.1, 0.15) is 40.0 Å². The molecule has 1 N–H and O–H groups in total. The zero-order chi connectivity index (χ0) is 14.3. The van der Waals surface area contributed by atoms with E-state index in [1.54, 1.807) is 0 Å². The van der Waals surface area contributed by atoms with Crippen molar-refractivity contribution in [3.05, 3.63) is 0 Å². The van der Waals surface area contributed by atoms with Crippen LogP contribution in [0.5, 0.6) is 0 Å². The van der Waals surface area contributed by atoms with Gasteiger partial charge in [-0.3, -0.25) is 9.59 Å². The third kappa shape index (κ3) is 3.44. The maximum Gasteiger partial charge on any atom is 0.313 e. The zero-order valence-electron chi connectivity index (χ0n) is 11.9. The van der Waals surface area contributed by atoms with Gasteiger partial charge in [-0.05, 0) is 30.1 Å². The van der Waals surface area contributed by atoms with E-state index >= 15 is 0 Å². The van der Waals surface area contributed by atoms with E-state index in [2.05, 4.69) is 20.8 Å². The van der Waals surface area contributed by atoms with Crippen molar-refractivity contribution in [1.82, 2.24) is 4.90 Å². The van der Waals surface area contributed by atoms with Gasteiger partial charge in [0.2, 0.25) is 5.91 Å². The average molecular weight is 285 g/mol. The Kier molecular flexibility index (Phi) is 3.87. The largest absolute Gasteiger partial charge is 0.481 e. The molecule has 1 amide bonds. The second-order valence-electron chi connectivity index (χ2n) is 7.12. The van der Waals surface area contributed by atoms with E-state index in [4.69, 9.17) is 5.11 Å². The summed E-state index contributed by atoms with van der Waals surface area (Å²) in [5.41, 5.74) is 0.556. The fraction of sp³-hybridized carbons (Fsp3) is 0.857. The first-order chi connectivity index (χ1) is 8.71. The van der Waals surface area contributed by atoms with Gasteiger partial charge in [0.15, 0.2) is 0 Å². The van der Waals surface area contributed by atoms with E-state index in [9.17, 15) is 9.59 Å². The molecular weight excluding hydrogens is 262 g/mol. The molecule has 0 spiro atoms. The number of hydrogen-bond donors (Lipinski definition) is 1. The molecule has 2 rings (SSSR count). The van der Waals surface area contributed by atoms with Gasteiger partial charge in [-0.15, -0.1) is 11.8 Å². The Morgan fingerprint density at radius 1 is 1.26 bits per heavy atom.